The third-order valence-electron chi connectivity index (χ3n) is 3.57. The molecule has 2 N–H and O–H groups in total. The van der Waals surface area contributed by atoms with Gasteiger partial charge in [-0.25, -0.2) is 22.9 Å². The van der Waals surface area contributed by atoms with Crippen LogP contribution in [0.4, 0.5) is 5.69 Å². The zero-order valence-electron chi connectivity index (χ0n) is 14.0. The molecule has 136 valence electrons. The van der Waals surface area contributed by atoms with Gasteiger partial charge in [0.2, 0.25) is 10.0 Å². The summed E-state index contributed by atoms with van der Waals surface area (Å²) < 4.78 is 26.2. The number of aromatic carboxylic acids is 1. The summed E-state index contributed by atoms with van der Waals surface area (Å²) in [6.45, 7) is 0. The van der Waals surface area contributed by atoms with E-state index in [4.69, 9.17) is 5.11 Å². The van der Waals surface area contributed by atoms with Gasteiger partial charge in [0.25, 0.3) is 0 Å². The van der Waals surface area contributed by atoms with E-state index in [1.807, 2.05) is 0 Å². The summed E-state index contributed by atoms with van der Waals surface area (Å²) in [5, 5.41) is 22.4. The van der Waals surface area contributed by atoms with Crippen molar-refractivity contribution in [2.75, 3.05) is 11.0 Å². The van der Waals surface area contributed by atoms with Crippen LogP contribution in [-0.2, 0) is 10.0 Å². The molecular weight excluding hydrogens is 370 g/mol. The Hall–Kier alpha value is -3.71. The Balaban J connectivity index is 1.95. The number of carbonyl (C=O) groups is 1. The van der Waals surface area contributed by atoms with Crippen LogP contribution in [0.5, 0.6) is 0 Å². The van der Waals surface area contributed by atoms with Gasteiger partial charge in [-0.3, -0.25) is 4.72 Å². The van der Waals surface area contributed by atoms with Gasteiger partial charge in [0.15, 0.2) is 5.82 Å². The molecule has 27 heavy (non-hydrogen) atoms. The van der Waals surface area contributed by atoms with Crippen LogP contribution >= 0.6 is 0 Å². The second-order valence-corrected chi connectivity index (χ2v) is 7.38. The molecule has 0 spiro atoms. The highest BCUT2D eigenvalue weighted by atomic mass is 32.2. The van der Waals surface area contributed by atoms with Crippen LogP contribution in [0.3, 0.4) is 0 Å². The van der Waals surface area contributed by atoms with Crippen LogP contribution in [-0.4, -0.2) is 40.5 Å². The van der Waals surface area contributed by atoms with Crippen LogP contribution in [0.25, 0.3) is 16.9 Å². The third kappa shape index (κ3) is 4.10. The fraction of sp³-hybridized carbons (Fsp3) is 0.0588. The molecule has 0 aliphatic rings. The lowest BCUT2D eigenvalue weighted by molar-refractivity contribution is 0.0697. The van der Waals surface area contributed by atoms with Gasteiger partial charge in [-0.15, -0.1) is 0 Å². The topological polar surface area (TPSA) is 138 Å². The molecule has 3 rings (SSSR count). The molecule has 0 radical (unpaired) electrons. The Labute approximate surface area is 154 Å². The predicted molar refractivity (Wildman–Crippen MR) is 96.9 cm³/mol. The number of nitrogens with zero attached hydrogens (tertiary/aromatic N) is 4. The van der Waals surface area contributed by atoms with Crippen molar-refractivity contribution >= 4 is 21.7 Å². The van der Waals surface area contributed by atoms with Gasteiger partial charge in [0.1, 0.15) is 0 Å². The Morgan fingerprint density at radius 3 is 2.52 bits per heavy atom. The maximum Gasteiger partial charge on any atom is 0.338 e. The molecule has 2 aromatic heterocycles. The average molecular weight is 383 g/mol. The minimum atomic E-state index is -3.37. The molecule has 0 unspecified atom stereocenters. The van der Waals surface area contributed by atoms with E-state index in [0.29, 0.717) is 28.2 Å². The second-order valence-electron chi connectivity index (χ2n) is 5.63. The van der Waals surface area contributed by atoms with E-state index in [0.717, 1.165) is 6.26 Å². The number of pyridine rings is 1. The number of aromatic nitrogens is 3. The molecule has 9 nitrogen and oxygen atoms in total. The molecule has 0 amide bonds. The number of hydrogen-bond acceptors (Lipinski definition) is 6. The van der Waals surface area contributed by atoms with Crippen molar-refractivity contribution in [2.24, 2.45) is 0 Å². The predicted octanol–water partition coefficient (Wildman–Crippen LogP) is 1.88. The molecule has 0 bridgehead atoms. The molecular formula is C17H13N5O4S. The van der Waals surface area contributed by atoms with Gasteiger partial charge in [-0.1, -0.05) is 12.1 Å². The number of hydrogen-bond donors (Lipinski definition) is 2. The van der Waals surface area contributed by atoms with Gasteiger partial charge >= 0.3 is 5.97 Å². The minimum absolute atomic E-state index is 0.00773. The van der Waals surface area contributed by atoms with Crippen molar-refractivity contribution in [2.45, 2.75) is 0 Å². The fourth-order valence-electron chi connectivity index (χ4n) is 2.38. The Bertz CT molecular complexity index is 1160. The number of rotatable bonds is 5. The maximum atomic E-state index is 11.3. The molecule has 2 heterocycles. The van der Waals surface area contributed by atoms with E-state index >= 15 is 0 Å². The molecule has 1 aromatic carbocycles. The van der Waals surface area contributed by atoms with Crippen LogP contribution in [0, 0.1) is 11.3 Å². The van der Waals surface area contributed by atoms with Crippen LogP contribution < -0.4 is 4.72 Å². The number of benzene rings is 1. The van der Waals surface area contributed by atoms with E-state index in [2.05, 4.69) is 20.9 Å². The van der Waals surface area contributed by atoms with Gasteiger partial charge in [-0.05, 0) is 17.7 Å². The summed E-state index contributed by atoms with van der Waals surface area (Å²) >= 11 is 0. The van der Waals surface area contributed by atoms with Crippen molar-refractivity contribution in [1.29, 1.82) is 5.26 Å². The highest BCUT2D eigenvalue weighted by Gasteiger charge is 2.12. The first-order valence-electron chi connectivity index (χ1n) is 7.53. The molecule has 0 aliphatic heterocycles. The highest BCUT2D eigenvalue weighted by molar-refractivity contribution is 7.92. The third-order valence-corrected chi connectivity index (χ3v) is 4.18. The summed E-state index contributed by atoms with van der Waals surface area (Å²) in [4.78, 5) is 15.2. The Morgan fingerprint density at radius 2 is 1.96 bits per heavy atom. The summed E-state index contributed by atoms with van der Waals surface area (Å²) in [5.41, 5.74) is 1.96. The summed E-state index contributed by atoms with van der Waals surface area (Å²) in [5.74, 6) is -0.806. The van der Waals surface area contributed by atoms with Crippen LogP contribution in [0.1, 0.15) is 15.9 Å². The van der Waals surface area contributed by atoms with Gasteiger partial charge in [0, 0.05) is 29.7 Å². The van der Waals surface area contributed by atoms with Gasteiger partial charge in [-0.2, -0.15) is 10.4 Å². The van der Waals surface area contributed by atoms with E-state index in [9.17, 15) is 18.5 Å². The number of anilines is 1. The fourth-order valence-corrected chi connectivity index (χ4v) is 2.95. The monoisotopic (exact) mass is 383 g/mol. The summed E-state index contributed by atoms with van der Waals surface area (Å²) in [6.07, 6.45) is 5.03. The first-order chi connectivity index (χ1) is 12.8. The smallest absolute Gasteiger partial charge is 0.338 e. The Morgan fingerprint density at radius 1 is 1.26 bits per heavy atom. The molecule has 0 atom stereocenters. The van der Waals surface area contributed by atoms with Crippen molar-refractivity contribution < 1.29 is 18.3 Å². The lowest BCUT2D eigenvalue weighted by Gasteiger charge is -2.08. The average Bonchev–Trinajstić information content (AvgIpc) is 3.11. The largest absolute Gasteiger partial charge is 0.478 e. The molecule has 0 fully saturated rings. The molecule has 0 saturated carbocycles. The van der Waals surface area contributed by atoms with Crippen LogP contribution in [0.15, 0.2) is 48.9 Å². The second kappa shape index (κ2) is 6.89. The summed E-state index contributed by atoms with van der Waals surface area (Å²) in [7, 11) is -3.37. The summed E-state index contributed by atoms with van der Waals surface area (Å²) in [6, 6.07) is 10.1. The van der Waals surface area contributed by atoms with Crippen molar-refractivity contribution in [3.05, 3.63) is 60.0 Å². The lowest BCUT2D eigenvalue weighted by Crippen LogP contribution is -2.09. The van der Waals surface area contributed by atoms with Crippen molar-refractivity contribution in [3.63, 3.8) is 0 Å². The molecule has 0 aliphatic carbocycles. The van der Waals surface area contributed by atoms with E-state index in [1.165, 1.54) is 29.3 Å². The van der Waals surface area contributed by atoms with Crippen molar-refractivity contribution in [3.8, 4) is 23.0 Å². The minimum Gasteiger partial charge on any atom is -0.478 e. The van der Waals surface area contributed by atoms with Gasteiger partial charge < -0.3 is 5.11 Å². The first kappa shape index (κ1) is 18.1. The SMILES string of the molecule is CS(=O)(=O)Nc1ccc(-c2cnc(-n3cc(C(=O)O)cn3)cc2C#N)cc1. The zero-order valence-corrected chi connectivity index (χ0v) is 14.8. The maximum absolute atomic E-state index is 11.3. The number of nitrogens with one attached hydrogen (secondary N) is 1. The first-order valence-corrected chi connectivity index (χ1v) is 9.43. The van der Waals surface area contributed by atoms with E-state index < -0.39 is 16.0 Å². The normalized spacial score (nSPS) is 11.0. The number of sulfonamides is 1. The standard InChI is InChI=1S/C17H13N5O4S/c1-27(25,26)21-14-4-2-11(3-5-14)15-9-19-16(6-12(15)7-18)22-10-13(8-20-22)17(23)24/h2-6,8-10,21H,1H3,(H,23,24). The molecule has 3 aromatic rings. The molecule has 10 heteroatoms. The highest BCUT2D eigenvalue weighted by Crippen LogP contribution is 2.25. The van der Waals surface area contributed by atoms with Gasteiger partial charge in [0.05, 0.1) is 29.6 Å². The van der Waals surface area contributed by atoms with Crippen molar-refractivity contribution in [1.82, 2.24) is 14.8 Å². The number of carboxylic acid groups (broad SMARTS) is 1. The van der Waals surface area contributed by atoms with E-state index in [1.54, 1.807) is 24.3 Å². The van der Waals surface area contributed by atoms with E-state index in [-0.39, 0.29) is 5.56 Å². The zero-order chi connectivity index (χ0) is 19.6. The number of carboxylic acids is 1. The molecule has 0 saturated heterocycles. The quantitative estimate of drug-likeness (QED) is 0.686. The Kier molecular flexibility index (Phi) is 4.62. The number of nitriles is 1. The lowest BCUT2D eigenvalue weighted by atomic mass is 10.0. The van der Waals surface area contributed by atoms with Crippen LogP contribution in [0.2, 0.25) is 0 Å².